The van der Waals surface area contributed by atoms with Gasteiger partial charge in [0.05, 0.1) is 5.60 Å². The SMILES string of the molecule is CCCCCC1(O)CCCCC1(C)N. The first kappa shape index (κ1) is 12.0. The van der Waals surface area contributed by atoms with Crippen molar-refractivity contribution < 1.29 is 5.11 Å². The molecule has 0 spiro atoms. The van der Waals surface area contributed by atoms with E-state index >= 15 is 0 Å². The molecule has 0 aromatic carbocycles. The van der Waals surface area contributed by atoms with E-state index in [4.69, 9.17) is 5.73 Å². The van der Waals surface area contributed by atoms with Gasteiger partial charge in [-0.25, -0.2) is 0 Å². The van der Waals surface area contributed by atoms with Gasteiger partial charge in [0, 0.05) is 5.54 Å². The summed E-state index contributed by atoms with van der Waals surface area (Å²) in [5.74, 6) is 0. The zero-order chi connectivity index (χ0) is 10.7. The lowest BCUT2D eigenvalue weighted by atomic mass is 9.68. The van der Waals surface area contributed by atoms with E-state index in [0.717, 1.165) is 32.1 Å². The van der Waals surface area contributed by atoms with Crippen molar-refractivity contribution in [3.63, 3.8) is 0 Å². The Bertz CT molecular complexity index is 179. The minimum absolute atomic E-state index is 0.362. The fourth-order valence-corrected chi connectivity index (χ4v) is 2.51. The highest BCUT2D eigenvalue weighted by Gasteiger charge is 2.44. The second kappa shape index (κ2) is 4.63. The maximum atomic E-state index is 10.5. The first-order chi connectivity index (χ1) is 6.52. The molecule has 2 atom stereocenters. The van der Waals surface area contributed by atoms with Crippen molar-refractivity contribution in [3.8, 4) is 0 Å². The second-order valence-electron chi connectivity index (χ2n) is 5.11. The van der Waals surface area contributed by atoms with Crippen molar-refractivity contribution in [2.45, 2.75) is 76.4 Å². The van der Waals surface area contributed by atoms with E-state index in [-0.39, 0.29) is 5.54 Å². The lowest BCUT2D eigenvalue weighted by Crippen LogP contribution is -2.60. The molecule has 0 aromatic rings. The third-order valence-electron chi connectivity index (χ3n) is 3.79. The normalized spacial score (nSPS) is 38.6. The molecule has 1 fully saturated rings. The van der Waals surface area contributed by atoms with Gasteiger partial charge in [0.1, 0.15) is 0 Å². The van der Waals surface area contributed by atoms with Gasteiger partial charge in [0.25, 0.3) is 0 Å². The van der Waals surface area contributed by atoms with Gasteiger partial charge in [-0.2, -0.15) is 0 Å². The molecule has 14 heavy (non-hydrogen) atoms. The zero-order valence-electron chi connectivity index (χ0n) is 9.68. The molecule has 3 N–H and O–H groups in total. The predicted molar refractivity (Wildman–Crippen MR) is 60.2 cm³/mol. The molecular weight excluding hydrogens is 174 g/mol. The summed E-state index contributed by atoms with van der Waals surface area (Å²) < 4.78 is 0. The van der Waals surface area contributed by atoms with Crippen LogP contribution in [0.5, 0.6) is 0 Å². The Kier molecular flexibility index (Phi) is 3.96. The van der Waals surface area contributed by atoms with Gasteiger partial charge in [-0.15, -0.1) is 0 Å². The fraction of sp³-hybridized carbons (Fsp3) is 1.00. The lowest BCUT2D eigenvalue weighted by Gasteiger charge is -2.46. The number of nitrogens with two attached hydrogens (primary N) is 1. The molecule has 1 aliphatic rings. The van der Waals surface area contributed by atoms with E-state index in [2.05, 4.69) is 6.92 Å². The minimum Gasteiger partial charge on any atom is -0.388 e. The summed E-state index contributed by atoms with van der Waals surface area (Å²) in [6.45, 7) is 4.20. The molecule has 84 valence electrons. The summed E-state index contributed by atoms with van der Waals surface area (Å²) in [5, 5.41) is 10.5. The molecule has 2 unspecified atom stereocenters. The van der Waals surface area contributed by atoms with Crippen LogP contribution in [-0.2, 0) is 0 Å². The van der Waals surface area contributed by atoms with Crippen LogP contribution in [0.2, 0.25) is 0 Å². The van der Waals surface area contributed by atoms with Gasteiger partial charge in [-0.1, -0.05) is 39.0 Å². The molecule has 0 bridgehead atoms. The van der Waals surface area contributed by atoms with E-state index in [1.807, 2.05) is 6.92 Å². The third-order valence-corrected chi connectivity index (χ3v) is 3.79. The monoisotopic (exact) mass is 199 g/mol. The van der Waals surface area contributed by atoms with Crippen LogP contribution >= 0.6 is 0 Å². The Morgan fingerprint density at radius 2 is 1.86 bits per heavy atom. The van der Waals surface area contributed by atoms with Crippen LogP contribution in [0.15, 0.2) is 0 Å². The number of unbranched alkanes of at least 4 members (excludes halogenated alkanes) is 2. The summed E-state index contributed by atoms with van der Waals surface area (Å²) in [7, 11) is 0. The Hall–Kier alpha value is -0.0800. The van der Waals surface area contributed by atoms with Gasteiger partial charge in [-0.05, 0) is 26.2 Å². The van der Waals surface area contributed by atoms with Gasteiger partial charge in [0.15, 0.2) is 0 Å². The van der Waals surface area contributed by atoms with Gasteiger partial charge in [-0.3, -0.25) is 0 Å². The van der Waals surface area contributed by atoms with Crippen molar-refractivity contribution in [1.82, 2.24) is 0 Å². The molecule has 0 radical (unpaired) electrons. The summed E-state index contributed by atoms with van der Waals surface area (Å²) in [5.41, 5.74) is 5.23. The number of hydrogen-bond acceptors (Lipinski definition) is 2. The largest absolute Gasteiger partial charge is 0.388 e. The molecular formula is C12H25NO. The lowest BCUT2D eigenvalue weighted by molar-refractivity contribution is -0.0657. The van der Waals surface area contributed by atoms with Crippen LogP contribution in [0.1, 0.15) is 65.2 Å². The van der Waals surface area contributed by atoms with Crippen molar-refractivity contribution in [2.24, 2.45) is 5.73 Å². The first-order valence-electron chi connectivity index (χ1n) is 6.03. The highest BCUT2D eigenvalue weighted by Crippen LogP contribution is 2.38. The van der Waals surface area contributed by atoms with Crippen LogP contribution < -0.4 is 5.73 Å². The van der Waals surface area contributed by atoms with Crippen LogP contribution in [-0.4, -0.2) is 16.2 Å². The molecule has 0 aliphatic heterocycles. The molecule has 0 heterocycles. The summed E-state index contributed by atoms with van der Waals surface area (Å²) >= 11 is 0. The van der Waals surface area contributed by atoms with E-state index in [1.54, 1.807) is 0 Å². The van der Waals surface area contributed by atoms with Crippen molar-refractivity contribution in [2.75, 3.05) is 0 Å². The molecule has 1 saturated carbocycles. The van der Waals surface area contributed by atoms with Crippen molar-refractivity contribution in [3.05, 3.63) is 0 Å². The Morgan fingerprint density at radius 1 is 1.21 bits per heavy atom. The third kappa shape index (κ3) is 2.48. The van der Waals surface area contributed by atoms with E-state index in [9.17, 15) is 5.11 Å². The quantitative estimate of drug-likeness (QED) is 0.684. The van der Waals surface area contributed by atoms with Gasteiger partial charge < -0.3 is 10.8 Å². The first-order valence-corrected chi connectivity index (χ1v) is 6.03. The maximum Gasteiger partial charge on any atom is 0.0823 e. The summed E-state index contributed by atoms with van der Waals surface area (Å²) in [4.78, 5) is 0. The molecule has 0 aromatic heterocycles. The van der Waals surface area contributed by atoms with Crippen LogP contribution in [0.25, 0.3) is 0 Å². The maximum absolute atomic E-state index is 10.5. The highest BCUT2D eigenvalue weighted by molar-refractivity contribution is 5.02. The van der Waals surface area contributed by atoms with E-state index in [1.165, 1.54) is 19.3 Å². The average molecular weight is 199 g/mol. The number of rotatable bonds is 4. The smallest absolute Gasteiger partial charge is 0.0823 e. The molecule has 2 nitrogen and oxygen atoms in total. The summed E-state index contributed by atoms with van der Waals surface area (Å²) in [6, 6.07) is 0. The molecule has 1 aliphatic carbocycles. The van der Waals surface area contributed by atoms with Gasteiger partial charge >= 0.3 is 0 Å². The Morgan fingerprint density at radius 3 is 2.43 bits per heavy atom. The highest BCUT2D eigenvalue weighted by atomic mass is 16.3. The average Bonchev–Trinajstić information content (AvgIpc) is 2.11. The van der Waals surface area contributed by atoms with Crippen molar-refractivity contribution >= 4 is 0 Å². The van der Waals surface area contributed by atoms with Crippen LogP contribution in [0.3, 0.4) is 0 Å². The molecule has 0 saturated heterocycles. The van der Waals surface area contributed by atoms with Crippen LogP contribution in [0.4, 0.5) is 0 Å². The van der Waals surface area contributed by atoms with Gasteiger partial charge in [0.2, 0.25) is 0 Å². The molecule has 0 amide bonds. The zero-order valence-corrected chi connectivity index (χ0v) is 9.68. The standard InChI is InChI=1S/C12H25NO/c1-3-4-5-9-12(14)10-7-6-8-11(12,2)13/h14H,3-10,13H2,1-2H3. The Labute approximate surface area is 87.9 Å². The number of aliphatic hydroxyl groups is 1. The van der Waals surface area contributed by atoms with E-state index in [0.29, 0.717) is 0 Å². The molecule has 2 heteroatoms. The van der Waals surface area contributed by atoms with Crippen LogP contribution in [0, 0.1) is 0 Å². The van der Waals surface area contributed by atoms with Crippen molar-refractivity contribution in [1.29, 1.82) is 0 Å². The number of hydrogen-bond donors (Lipinski definition) is 2. The molecule has 1 rings (SSSR count). The topological polar surface area (TPSA) is 46.2 Å². The summed E-state index contributed by atoms with van der Waals surface area (Å²) in [6.07, 6.45) is 8.57. The Balaban J connectivity index is 2.51. The second-order valence-corrected chi connectivity index (χ2v) is 5.11. The fourth-order valence-electron chi connectivity index (χ4n) is 2.51. The minimum atomic E-state index is -0.597. The predicted octanol–water partition coefficient (Wildman–Crippen LogP) is 2.59. The van der Waals surface area contributed by atoms with E-state index < -0.39 is 5.60 Å².